The first-order valence-electron chi connectivity index (χ1n) is 5.90. The molecule has 0 unspecified atom stereocenters. The van der Waals surface area contributed by atoms with E-state index in [1.807, 2.05) is 6.92 Å². The van der Waals surface area contributed by atoms with Gasteiger partial charge in [0.2, 0.25) is 10.0 Å². The Morgan fingerprint density at radius 3 is 2.62 bits per heavy atom. The van der Waals surface area contributed by atoms with Crippen molar-refractivity contribution in [1.29, 1.82) is 0 Å². The van der Waals surface area contributed by atoms with Crippen molar-refractivity contribution >= 4 is 10.0 Å². The van der Waals surface area contributed by atoms with Gasteiger partial charge in [-0.1, -0.05) is 6.92 Å². The average Bonchev–Trinajstić information content (AvgIpc) is 2.28. The summed E-state index contributed by atoms with van der Waals surface area (Å²) in [6.45, 7) is 5.34. The van der Waals surface area contributed by atoms with Crippen LogP contribution < -0.4 is 10.0 Å². The molecule has 1 heterocycles. The van der Waals surface area contributed by atoms with Crippen LogP contribution in [-0.2, 0) is 14.8 Å². The number of nitrogens with one attached hydrogen (secondary N) is 2. The number of rotatable bonds is 7. The molecule has 0 amide bonds. The van der Waals surface area contributed by atoms with Gasteiger partial charge in [-0.15, -0.1) is 0 Å². The molecule has 0 aromatic rings. The van der Waals surface area contributed by atoms with Crippen LogP contribution in [0.4, 0.5) is 0 Å². The van der Waals surface area contributed by atoms with Crippen molar-refractivity contribution in [3.05, 3.63) is 0 Å². The van der Waals surface area contributed by atoms with Crippen molar-refractivity contribution in [3.8, 4) is 0 Å². The minimum absolute atomic E-state index is 0.157. The van der Waals surface area contributed by atoms with Crippen LogP contribution in [0.1, 0.15) is 19.8 Å². The van der Waals surface area contributed by atoms with E-state index in [1.54, 1.807) is 0 Å². The molecule has 1 aliphatic rings. The van der Waals surface area contributed by atoms with Crippen LogP contribution in [0.25, 0.3) is 0 Å². The molecule has 0 bridgehead atoms. The first-order valence-corrected chi connectivity index (χ1v) is 7.55. The standard InChI is InChI=1S/C10H22N2O3S/c1-2-11-5-8-16(13,14)12-9-10-3-6-15-7-4-10/h10-12H,2-9H2,1H3. The van der Waals surface area contributed by atoms with E-state index in [2.05, 4.69) is 10.0 Å². The zero-order valence-electron chi connectivity index (χ0n) is 9.87. The van der Waals surface area contributed by atoms with Crippen molar-refractivity contribution in [2.45, 2.75) is 19.8 Å². The predicted octanol–water partition coefficient (Wildman–Crippen LogP) is -0.0581. The molecule has 6 heteroatoms. The maximum atomic E-state index is 11.6. The van der Waals surface area contributed by atoms with Gasteiger partial charge in [-0.3, -0.25) is 0 Å². The van der Waals surface area contributed by atoms with Crippen LogP contribution in [0.15, 0.2) is 0 Å². The van der Waals surface area contributed by atoms with E-state index in [-0.39, 0.29) is 5.75 Å². The van der Waals surface area contributed by atoms with Crippen molar-refractivity contribution in [1.82, 2.24) is 10.0 Å². The van der Waals surface area contributed by atoms with Crippen LogP contribution in [0.3, 0.4) is 0 Å². The molecule has 0 aliphatic carbocycles. The molecule has 1 fully saturated rings. The topological polar surface area (TPSA) is 67.4 Å². The molecule has 96 valence electrons. The zero-order chi connectivity index (χ0) is 11.9. The van der Waals surface area contributed by atoms with E-state index in [0.29, 0.717) is 19.0 Å². The summed E-state index contributed by atoms with van der Waals surface area (Å²) in [5.41, 5.74) is 0. The molecule has 1 aliphatic heterocycles. The van der Waals surface area contributed by atoms with Gasteiger partial charge in [0.15, 0.2) is 0 Å². The Labute approximate surface area is 98.0 Å². The van der Waals surface area contributed by atoms with E-state index in [4.69, 9.17) is 4.74 Å². The molecule has 16 heavy (non-hydrogen) atoms. The summed E-state index contributed by atoms with van der Waals surface area (Å²) < 4.78 is 31.0. The van der Waals surface area contributed by atoms with E-state index >= 15 is 0 Å². The minimum Gasteiger partial charge on any atom is -0.381 e. The third-order valence-corrected chi connectivity index (χ3v) is 4.08. The van der Waals surface area contributed by atoms with E-state index in [0.717, 1.165) is 32.6 Å². The maximum Gasteiger partial charge on any atom is 0.212 e. The normalized spacial score (nSPS) is 18.8. The minimum atomic E-state index is -3.11. The van der Waals surface area contributed by atoms with Crippen LogP contribution >= 0.6 is 0 Å². The molecule has 2 N–H and O–H groups in total. The number of ether oxygens (including phenoxy) is 1. The first kappa shape index (κ1) is 13.9. The molecule has 1 rings (SSSR count). The van der Waals surface area contributed by atoms with Crippen LogP contribution in [-0.4, -0.2) is 47.0 Å². The monoisotopic (exact) mass is 250 g/mol. The van der Waals surface area contributed by atoms with Gasteiger partial charge in [0, 0.05) is 26.3 Å². The van der Waals surface area contributed by atoms with Crippen LogP contribution in [0.5, 0.6) is 0 Å². The van der Waals surface area contributed by atoms with Crippen molar-refractivity contribution in [2.24, 2.45) is 5.92 Å². The lowest BCUT2D eigenvalue weighted by molar-refractivity contribution is 0.0678. The number of hydrogen-bond acceptors (Lipinski definition) is 4. The highest BCUT2D eigenvalue weighted by atomic mass is 32.2. The number of hydrogen-bond donors (Lipinski definition) is 2. The lowest BCUT2D eigenvalue weighted by Crippen LogP contribution is -2.36. The second-order valence-corrected chi connectivity index (χ2v) is 6.00. The Morgan fingerprint density at radius 1 is 1.31 bits per heavy atom. The molecule has 0 saturated carbocycles. The fourth-order valence-electron chi connectivity index (χ4n) is 1.65. The van der Waals surface area contributed by atoms with Gasteiger partial charge in [-0.2, -0.15) is 0 Å². The molecule has 0 atom stereocenters. The summed E-state index contributed by atoms with van der Waals surface area (Å²) in [5, 5.41) is 3.00. The average molecular weight is 250 g/mol. The fraction of sp³-hybridized carbons (Fsp3) is 1.00. The SMILES string of the molecule is CCNCCS(=O)(=O)NCC1CCOCC1. The van der Waals surface area contributed by atoms with Gasteiger partial charge in [0.1, 0.15) is 0 Å². The van der Waals surface area contributed by atoms with Gasteiger partial charge in [0.05, 0.1) is 5.75 Å². The van der Waals surface area contributed by atoms with Gasteiger partial charge >= 0.3 is 0 Å². The summed E-state index contributed by atoms with van der Waals surface area (Å²) in [4.78, 5) is 0. The second-order valence-electron chi connectivity index (χ2n) is 4.08. The Balaban J connectivity index is 2.18. The zero-order valence-corrected chi connectivity index (χ0v) is 10.7. The Kier molecular flexibility index (Phi) is 6.26. The highest BCUT2D eigenvalue weighted by Gasteiger charge is 2.16. The van der Waals surface area contributed by atoms with Gasteiger partial charge < -0.3 is 10.1 Å². The summed E-state index contributed by atoms with van der Waals surface area (Å²) in [5.74, 6) is 0.590. The first-order chi connectivity index (χ1) is 7.64. The highest BCUT2D eigenvalue weighted by Crippen LogP contribution is 2.13. The molecular formula is C10H22N2O3S. The number of sulfonamides is 1. The summed E-state index contributed by atoms with van der Waals surface area (Å²) in [6, 6.07) is 0. The van der Waals surface area contributed by atoms with Gasteiger partial charge in [0.25, 0.3) is 0 Å². The van der Waals surface area contributed by atoms with Gasteiger partial charge in [-0.25, -0.2) is 13.1 Å². The maximum absolute atomic E-state index is 11.6. The lowest BCUT2D eigenvalue weighted by Gasteiger charge is -2.22. The van der Waals surface area contributed by atoms with Crippen molar-refractivity contribution in [2.75, 3.05) is 38.6 Å². The summed E-state index contributed by atoms with van der Waals surface area (Å²) in [6.07, 6.45) is 1.91. The predicted molar refractivity (Wildman–Crippen MR) is 63.9 cm³/mol. The largest absolute Gasteiger partial charge is 0.381 e. The fourth-order valence-corrected chi connectivity index (χ4v) is 2.70. The molecule has 0 spiro atoms. The van der Waals surface area contributed by atoms with Crippen LogP contribution in [0.2, 0.25) is 0 Å². The molecule has 0 aromatic heterocycles. The Morgan fingerprint density at radius 2 is 2.00 bits per heavy atom. The molecule has 1 saturated heterocycles. The van der Waals surface area contributed by atoms with Crippen LogP contribution in [0, 0.1) is 5.92 Å². The third kappa shape index (κ3) is 5.79. The summed E-state index contributed by atoms with van der Waals surface area (Å²) >= 11 is 0. The molecule has 0 aromatic carbocycles. The van der Waals surface area contributed by atoms with E-state index in [1.165, 1.54) is 0 Å². The Hall–Kier alpha value is -0.170. The van der Waals surface area contributed by atoms with Gasteiger partial charge in [-0.05, 0) is 25.3 Å². The van der Waals surface area contributed by atoms with E-state index < -0.39 is 10.0 Å². The highest BCUT2D eigenvalue weighted by molar-refractivity contribution is 7.89. The summed E-state index contributed by atoms with van der Waals surface area (Å²) in [7, 11) is -3.11. The quantitative estimate of drug-likeness (QED) is 0.621. The molecular weight excluding hydrogens is 228 g/mol. The van der Waals surface area contributed by atoms with E-state index in [9.17, 15) is 8.42 Å². The third-order valence-electron chi connectivity index (χ3n) is 2.73. The second kappa shape index (κ2) is 7.21. The van der Waals surface area contributed by atoms with Crippen molar-refractivity contribution < 1.29 is 13.2 Å². The smallest absolute Gasteiger partial charge is 0.212 e. The Bertz CT molecular complexity index is 274. The van der Waals surface area contributed by atoms with Crippen molar-refractivity contribution in [3.63, 3.8) is 0 Å². The lowest BCUT2D eigenvalue weighted by atomic mass is 10.0. The molecule has 0 radical (unpaired) electrons. The molecule has 5 nitrogen and oxygen atoms in total.